The first-order valence-corrected chi connectivity index (χ1v) is 9.94. The van der Waals surface area contributed by atoms with Gasteiger partial charge in [-0.05, 0) is 55.9 Å². The number of ether oxygens (including phenoxy) is 1. The number of hydrogen-bond acceptors (Lipinski definition) is 5. The molecular formula is C19H25N3O4S. The van der Waals surface area contributed by atoms with Crippen LogP contribution in [0.3, 0.4) is 0 Å². The Hall–Kier alpha value is -2.58. The maximum Gasteiger partial charge on any atom is 0.261 e. The molecule has 2 rings (SSSR count). The second-order valence-corrected chi connectivity index (χ2v) is 7.82. The van der Waals surface area contributed by atoms with E-state index in [4.69, 9.17) is 4.74 Å². The van der Waals surface area contributed by atoms with Crippen LogP contribution in [0.4, 0.5) is 5.69 Å². The number of benzene rings is 2. The Morgan fingerprint density at radius 2 is 1.81 bits per heavy atom. The Bertz CT molecular complexity index is 896. The first-order chi connectivity index (χ1) is 12.8. The molecule has 146 valence electrons. The van der Waals surface area contributed by atoms with Crippen LogP contribution in [-0.4, -0.2) is 53.5 Å². The summed E-state index contributed by atoms with van der Waals surface area (Å²) in [6.07, 6.45) is 0. The van der Waals surface area contributed by atoms with Crippen molar-refractivity contribution in [2.45, 2.75) is 11.8 Å². The summed E-state index contributed by atoms with van der Waals surface area (Å²) in [7, 11) is 1.21. The minimum Gasteiger partial charge on any atom is -0.497 e. The van der Waals surface area contributed by atoms with Crippen molar-refractivity contribution in [2.75, 3.05) is 39.0 Å². The molecule has 0 saturated carbocycles. The number of likely N-dealkylation sites (N-methyl/N-ethyl adjacent to an activating group) is 2. The lowest BCUT2D eigenvalue weighted by Crippen LogP contribution is -2.33. The number of hydrogen-bond donors (Lipinski definition) is 2. The summed E-state index contributed by atoms with van der Waals surface area (Å²) in [5, 5.41) is 2.98. The molecule has 0 atom stereocenters. The van der Waals surface area contributed by atoms with E-state index in [0.29, 0.717) is 30.1 Å². The number of nitrogens with zero attached hydrogens (tertiary/aromatic N) is 1. The molecule has 2 aromatic carbocycles. The lowest BCUT2D eigenvalue weighted by molar-refractivity contribution is 0.0796. The van der Waals surface area contributed by atoms with Crippen molar-refractivity contribution in [1.29, 1.82) is 0 Å². The highest BCUT2D eigenvalue weighted by molar-refractivity contribution is 7.92. The second kappa shape index (κ2) is 8.88. The predicted molar refractivity (Wildman–Crippen MR) is 106 cm³/mol. The summed E-state index contributed by atoms with van der Waals surface area (Å²) in [5.74, 6) is 0.412. The second-order valence-electron chi connectivity index (χ2n) is 6.14. The van der Waals surface area contributed by atoms with E-state index in [9.17, 15) is 13.2 Å². The Labute approximate surface area is 160 Å². The third-order valence-electron chi connectivity index (χ3n) is 4.14. The molecule has 0 aromatic heterocycles. The van der Waals surface area contributed by atoms with E-state index in [0.717, 1.165) is 5.56 Å². The highest BCUT2D eigenvalue weighted by Crippen LogP contribution is 2.22. The third-order valence-corrected chi connectivity index (χ3v) is 5.51. The fraction of sp³-hybridized carbons (Fsp3) is 0.316. The molecule has 2 N–H and O–H groups in total. The third kappa shape index (κ3) is 5.21. The number of methoxy groups -OCH3 is 1. The largest absolute Gasteiger partial charge is 0.497 e. The molecule has 0 unspecified atom stereocenters. The minimum atomic E-state index is -3.82. The Kier molecular flexibility index (Phi) is 6.81. The molecule has 0 aliphatic heterocycles. The van der Waals surface area contributed by atoms with Crippen molar-refractivity contribution in [2.24, 2.45) is 0 Å². The summed E-state index contributed by atoms with van der Waals surface area (Å²) in [6.45, 7) is 2.96. The van der Waals surface area contributed by atoms with Crippen LogP contribution in [-0.2, 0) is 10.0 Å². The maximum absolute atomic E-state index is 12.7. The lowest BCUT2D eigenvalue weighted by atomic mass is 10.1. The molecule has 0 aliphatic rings. The molecule has 0 saturated heterocycles. The zero-order valence-corrected chi connectivity index (χ0v) is 16.8. The first-order valence-electron chi connectivity index (χ1n) is 8.46. The Balaban J connectivity index is 2.27. The van der Waals surface area contributed by atoms with Gasteiger partial charge >= 0.3 is 0 Å². The maximum atomic E-state index is 12.7. The van der Waals surface area contributed by atoms with Crippen molar-refractivity contribution in [3.05, 3.63) is 53.6 Å². The number of carbonyl (C=O) groups excluding carboxylic acids is 1. The van der Waals surface area contributed by atoms with Gasteiger partial charge in [-0.1, -0.05) is 6.07 Å². The van der Waals surface area contributed by atoms with E-state index in [1.165, 1.54) is 19.2 Å². The first kappa shape index (κ1) is 20.7. The van der Waals surface area contributed by atoms with Gasteiger partial charge in [0, 0.05) is 31.4 Å². The molecule has 0 bridgehead atoms. The normalized spacial score (nSPS) is 11.1. The Morgan fingerprint density at radius 1 is 1.15 bits per heavy atom. The number of aryl methyl sites for hydroxylation is 1. The summed E-state index contributed by atoms with van der Waals surface area (Å²) in [5.41, 5.74) is 1.50. The van der Waals surface area contributed by atoms with Crippen molar-refractivity contribution < 1.29 is 17.9 Å². The van der Waals surface area contributed by atoms with Gasteiger partial charge in [0.1, 0.15) is 5.75 Å². The molecule has 27 heavy (non-hydrogen) atoms. The highest BCUT2D eigenvalue weighted by Gasteiger charge is 2.20. The molecule has 0 spiro atoms. The summed E-state index contributed by atoms with van der Waals surface area (Å²) in [6, 6.07) is 11.1. The van der Waals surface area contributed by atoms with Crippen LogP contribution >= 0.6 is 0 Å². The van der Waals surface area contributed by atoms with E-state index >= 15 is 0 Å². The standard InChI is InChI=1S/C19H25N3O4S/c1-14-5-10-17(13-18(14)19(23)22(3)12-11-20-2)27(24,25)21-15-6-8-16(26-4)9-7-15/h5-10,13,20-21H,11-12H2,1-4H3. The number of carbonyl (C=O) groups is 1. The van der Waals surface area contributed by atoms with Gasteiger partial charge in [-0.25, -0.2) is 8.42 Å². The van der Waals surface area contributed by atoms with Crippen LogP contribution in [0.25, 0.3) is 0 Å². The Morgan fingerprint density at radius 3 is 2.41 bits per heavy atom. The smallest absolute Gasteiger partial charge is 0.261 e. The van der Waals surface area contributed by atoms with Gasteiger partial charge in [0.25, 0.3) is 15.9 Å². The lowest BCUT2D eigenvalue weighted by Gasteiger charge is -2.19. The minimum absolute atomic E-state index is 0.0364. The fourth-order valence-corrected chi connectivity index (χ4v) is 3.54. The van der Waals surface area contributed by atoms with E-state index < -0.39 is 10.0 Å². The summed E-state index contributed by atoms with van der Waals surface area (Å²) < 4.78 is 33.0. The SMILES string of the molecule is CNCCN(C)C(=O)c1cc(S(=O)(=O)Nc2ccc(OC)cc2)ccc1C. The molecule has 0 fully saturated rings. The van der Waals surface area contributed by atoms with Crippen molar-refractivity contribution in [3.63, 3.8) is 0 Å². The van der Waals surface area contributed by atoms with Crippen molar-refractivity contribution >= 4 is 21.6 Å². The molecule has 0 heterocycles. The molecule has 1 amide bonds. The van der Waals surface area contributed by atoms with Gasteiger partial charge in [-0.3, -0.25) is 9.52 Å². The van der Waals surface area contributed by atoms with Crippen LogP contribution in [0, 0.1) is 6.92 Å². The number of nitrogens with one attached hydrogen (secondary N) is 2. The predicted octanol–water partition coefficient (Wildman–Crippen LogP) is 2.10. The van der Waals surface area contributed by atoms with Gasteiger partial charge in [0.15, 0.2) is 0 Å². The fourth-order valence-electron chi connectivity index (χ4n) is 2.46. The van der Waals surface area contributed by atoms with E-state index in [1.807, 2.05) is 7.05 Å². The quantitative estimate of drug-likeness (QED) is 0.720. The van der Waals surface area contributed by atoms with Gasteiger partial charge < -0.3 is 15.0 Å². The van der Waals surface area contributed by atoms with E-state index in [2.05, 4.69) is 10.0 Å². The molecule has 7 nitrogen and oxygen atoms in total. The van der Waals surface area contributed by atoms with Crippen LogP contribution in [0.15, 0.2) is 47.4 Å². The molecule has 2 aromatic rings. The topological polar surface area (TPSA) is 87.7 Å². The average Bonchev–Trinajstić information content (AvgIpc) is 2.66. The number of sulfonamides is 1. The molecule has 8 heteroatoms. The van der Waals surface area contributed by atoms with Crippen LogP contribution in [0.2, 0.25) is 0 Å². The summed E-state index contributed by atoms with van der Waals surface area (Å²) in [4.78, 5) is 14.2. The number of anilines is 1. The molecule has 0 aliphatic carbocycles. The summed E-state index contributed by atoms with van der Waals surface area (Å²) >= 11 is 0. The zero-order valence-electron chi connectivity index (χ0n) is 15.9. The van der Waals surface area contributed by atoms with Crippen molar-refractivity contribution in [1.82, 2.24) is 10.2 Å². The van der Waals surface area contributed by atoms with Gasteiger partial charge in [0.2, 0.25) is 0 Å². The van der Waals surface area contributed by atoms with Crippen molar-refractivity contribution in [3.8, 4) is 5.75 Å². The zero-order chi connectivity index (χ0) is 20.0. The number of amides is 1. The van der Waals surface area contributed by atoms with Crippen LogP contribution in [0.5, 0.6) is 5.75 Å². The molecule has 0 radical (unpaired) electrons. The van der Waals surface area contributed by atoms with Gasteiger partial charge in [-0.15, -0.1) is 0 Å². The monoisotopic (exact) mass is 391 g/mol. The average molecular weight is 391 g/mol. The van der Waals surface area contributed by atoms with Gasteiger partial charge in [0.05, 0.1) is 12.0 Å². The number of rotatable bonds is 8. The molecular weight excluding hydrogens is 366 g/mol. The highest BCUT2D eigenvalue weighted by atomic mass is 32.2. The van der Waals surface area contributed by atoms with Crippen LogP contribution < -0.4 is 14.8 Å². The van der Waals surface area contributed by atoms with Gasteiger partial charge in [-0.2, -0.15) is 0 Å². The van der Waals surface area contributed by atoms with E-state index in [1.54, 1.807) is 49.2 Å². The van der Waals surface area contributed by atoms with E-state index in [-0.39, 0.29) is 10.8 Å². The van der Waals surface area contributed by atoms with Crippen LogP contribution in [0.1, 0.15) is 15.9 Å².